The second kappa shape index (κ2) is 8.75. The minimum atomic E-state index is -0.575. The van der Waals surface area contributed by atoms with Gasteiger partial charge in [0.15, 0.2) is 18.1 Å². The van der Waals surface area contributed by atoms with E-state index in [4.69, 9.17) is 19.6 Å². The first kappa shape index (κ1) is 19.1. The fourth-order valence-corrected chi connectivity index (χ4v) is 2.25. The predicted octanol–water partition coefficient (Wildman–Crippen LogP) is 2.35. The molecule has 2 rings (SSSR count). The van der Waals surface area contributed by atoms with Crippen molar-refractivity contribution >= 4 is 17.9 Å². The number of carbonyl (C=O) groups excluding carboxylic acids is 2. The first-order chi connectivity index (χ1) is 12.4. The van der Waals surface area contributed by atoms with E-state index in [-0.39, 0.29) is 18.6 Å². The minimum Gasteiger partial charge on any atom is -0.493 e. The van der Waals surface area contributed by atoms with Crippen LogP contribution in [0.2, 0.25) is 0 Å². The lowest BCUT2D eigenvalue weighted by Gasteiger charge is -2.10. The van der Waals surface area contributed by atoms with Gasteiger partial charge in [0.25, 0.3) is 5.91 Å². The molecule has 0 fully saturated rings. The van der Waals surface area contributed by atoms with Gasteiger partial charge in [0.1, 0.15) is 11.5 Å². The molecule has 0 aliphatic carbocycles. The molecule has 0 bridgehead atoms. The van der Waals surface area contributed by atoms with Gasteiger partial charge >= 0.3 is 0 Å². The molecule has 1 aromatic carbocycles. The fraction of sp³-hybridized carbons (Fsp3) is 0.263. The van der Waals surface area contributed by atoms with Crippen molar-refractivity contribution in [3.8, 4) is 11.5 Å². The van der Waals surface area contributed by atoms with Crippen LogP contribution >= 0.6 is 0 Å². The lowest BCUT2D eigenvalue weighted by Crippen LogP contribution is -2.24. The molecule has 7 nitrogen and oxygen atoms in total. The third-order valence-corrected chi connectivity index (χ3v) is 3.53. The van der Waals surface area contributed by atoms with Crippen molar-refractivity contribution in [2.24, 2.45) is 5.73 Å². The first-order valence-electron chi connectivity index (χ1n) is 8.03. The zero-order valence-electron chi connectivity index (χ0n) is 14.9. The van der Waals surface area contributed by atoms with Crippen molar-refractivity contribution < 1.29 is 23.5 Å². The quantitative estimate of drug-likeness (QED) is 0.705. The minimum absolute atomic E-state index is 0.236. The Morgan fingerprint density at radius 2 is 2.04 bits per heavy atom. The molecule has 7 heteroatoms. The molecule has 2 amide bonds. The summed E-state index contributed by atoms with van der Waals surface area (Å²) in [5.41, 5.74) is 5.80. The second-order valence-corrected chi connectivity index (χ2v) is 5.68. The molecule has 0 spiro atoms. The molecule has 0 aliphatic rings. The van der Waals surface area contributed by atoms with Gasteiger partial charge in [-0.1, -0.05) is 6.07 Å². The van der Waals surface area contributed by atoms with Crippen LogP contribution in [0.1, 0.15) is 30.0 Å². The second-order valence-electron chi connectivity index (χ2n) is 5.68. The van der Waals surface area contributed by atoms with Gasteiger partial charge in [-0.2, -0.15) is 0 Å². The zero-order chi connectivity index (χ0) is 19.1. The molecular weight excluding hydrogens is 336 g/mol. The number of amides is 2. The maximum absolute atomic E-state index is 12.1. The molecular formula is C19H22N2O5. The van der Waals surface area contributed by atoms with Crippen LogP contribution in [0.15, 0.2) is 40.8 Å². The summed E-state index contributed by atoms with van der Waals surface area (Å²) < 4.78 is 16.0. The van der Waals surface area contributed by atoms with Crippen molar-refractivity contribution in [3.05, 3.63) is 53.5 Å². The van der Waals surface area contributed by atoms with Gasteiger partial charge in [0.2, 0.25) is 5.91 Å². The Morgan fingerprint density at radius 1 is 1.27 bits per heavy atom. The molecule has 0 aliphatic heterocycles. The van der Waals surface area contributed by atoms with Crippen LogP contribution in [-0.4, -0.2) is 25.5 Å². The molecule has 1 atom stereocenters. The van der Waals surface area contributed by atoms with E-state index in [9.17, 15) is 9.59 Å². The predicted molar refractivity (Wildman–Crippen MR) is 96.7 cm³/mol. The number of primary amides is 1. The Balaban J connectivity index is 2.00. The normalized spacial score (nSPS) is 12.0. The molecule has 2 aromatic rings. The van der Waals surface area contributed by atoms with Gasteiger partial charge in [-0.25, -0.2) is 0 Å². The van der Waals surface area contributed by atoms with Crippen LogP contribution in [-0.2, 0) is 9.59 Å². The van der Waals surface area contributed by atoms with Gasteiger partial charge < -0.3 is 24.9 Å². The zero-order valence-corrected chi connectivity index (χ0v) is 14.9. The van der Waals surface area contributed by atoms with Crippen LogP contribution in [0.25, 0.3) is 6.08 Å². The summed E-state index contributed by atoms with van der Waals surface area (Å²) in [6.07, 6.45) is 3.07. The Morgan fingerprint density at radius 3 is 2.65 bits per heavy atom. The largest absolute Gasteiger partial charge is 0.493 e. The van der Waals surface area contributed by atoms with Crippen molar-refractivity contribution in [3.63, 3.8) is 0 Å². The highest BCUT2D eigenvalue weighted by Gasteiger charge is 2.11. The molecule has 0 radical (unpaired) electrons. The Labute approximate surface area is 151 Å². The topological polar surface area (TPSA) is 104 Å². The number of hydrogen-bond acceptors (Lipinski definition) is 5. The first-order valence-corrected chi connectivity index (χ1v) is 8.03. The van der Waals surface area contributed by atoms with Gasteiger partial charge in [-0.3, -0.25) is 9.59 Å². The van der Waals surface area contributed by atoms with Gasteiger partial charge in [-0.05, 0) is 49.8 Å². The van der Waals surface area contributed by atoms with Crippen LogP contribution in [0.3, 0.4) is 0 Å². The van der Waals surface area contributed by atoms with E-state index in [1.54, 1.807) is 24.3 Å². The van der Waals surface area contributed by atoms with Gasteiger partial charge in [0.05, 0.1) is 13.2 Å². The van der Waals surface area contributed by atoms with Crippen molar-refractivity contribution in [1.82, 2.24) is 5.32 Å². The lowest BCUT2D eigenvalue weighted by atomic mass is 10.2. The third kappa shape index (κ3) is 5.41. The van der Waals surface area contributed by atoms with Gasteiger partial charge in [-0.15, -0.1) is 0 Å². The van der Waals surface area contributed by atoms with Crippen molar-refractivity contribution in [2.45, 2.75) is 19.9 Å². The number of furan rings is 1. The summed E-state index contributed by atoms with van der Waals surface area (Å²) in [6.45, 7) is 3.46. The van der Waals surface area contributed by atoms with Crippen molar-refractivity contribution in [1.29, 1.82) is 0 Å². The molecule has 3 N–H and O–H groups in total. The maximum atomic E-state index is 12.1. The summed E-state index contributed by atoms with van der Waals surface area (Å²) >= 11 is 0. The van der Waals surface area contributed by atoms with E-state index in [1.807, 2.05) is 26.0 Å². The van der Waals surface area contributed by atoms with E-state index in [1.165, 1.54) is 13.2 Å². The summed E-state index contributed by atoms with van der Waals surface area (Å²) in [4.78, 5) is 22.9. The molecule has 0 saturated carbocycles. The monoisotopic (exact) mass is 358 g/mol. The fourth-order valence-electron chi connectivity index (χ4n) is 2.25. The highest BCUT2D eigenvalue weighted by Crippen LogP contribution is 2.28. The smallest absolute Gasteiger partial charge is 0.255 e. The average Bonchev–Trinajstić information content (AvgIpc) is 3.05. The third-order valence-electron chi connectivity index (χ3n) is 3.53. The molecule has 26 heavy (non-hydrogen) atoms. The van der Waals surface area contributed by atoms with Crippen molar-refractivity contribution in [2.75, 3.05) is 13.7 Å². The SMILES string of the molecule is COc1cc(/C=C/C(=O)NC(C)c2ccc(C)o2)ccc1OCC(N)=O. The summed E-state index contributed by atoms with van der Waals surface area (Å²) in [7, 11) is 1.49. The molecule has 138 valence electrons. The number of nitrogens with one attached hydrogen (secondary N) is 1. The van der Waals surface area contributed by atoms with E-state index in [0.717, 1.165) is 11.3 Å². The molecule has 1 aromatic heterocycles. The number of methoxy groups -OCH3 is 1. The number of carbonyl (C=O) groups is 2. The number of ether oxygens (including phenoxy) is 2. The van der Waals surface area contributed by atoms with Gasteiger partial charge in [0, 0.05) is 6.08 Å². The molecule has 1 unspecified atom stereocenters. The number of benzene rings is 1. The number of hydrogen-bond donors (Lipinski definition) is 2. The number of rotatable bonds is 8. The Kier molecular flexibility index (Phi) is 6.43. The Bertz CT molecular complexity index is 810. The van der Waals surface area contributed by atoms with Crippen LogP contribution < -0.4 is 20.5 Å². The average molecular weight is 358 g/mol. The summed E-state index contributed by atoms with van der Waals surface area (Å²) in [5.74, 6) is 1.50. The van der Waals surface area contributed by atoms with E-state index < -0.39 is 5.91 Å². The van der Waals surface area contributed by atoms with Crippen LogP contribution in [0.5, 0.6) is 11.5 Å². The number of nitrogens with two attached hydrogens (primary N) is 1. The molecule has 1 heterocycles. The standard InChI is InChI=1S/C19H22N2O5/c1-12-4-7-15(26-12)13(2)21-19(23)9-6-14-5-8-16(17(10-14)24-3)25-11-18(20)22/h4-10,13H,11H2,1-3H3,(H2,20,22)(H,21,23)/b9-6+. The van der Waals surface area contributed by atoms with Crippen LogP contribution in [0.4, 0.5) is 0 Å². The number of aryl methyl sites for hydroxylation is 1. The lowest BCUT2D eigenvalue weighted by molar-refractivity contribution is -0.120. The van der Waals surface area contributed by atoms with E-state index in [0.29, 0.717) is 17.3 Å². The maximum Gasteiger partial charge on any atom is 0.255 e. The highest BCUT2D eigenvalue weighted by atomic mass is 16.5. The Hall–Kier alpha value is -3.22. The van der Waals surface area contributed by atoms with E-state index in [2.05, 4.69) is 5.32 Å². The highest BCUT2D eigenvalue weighted by molar-refractivity contribution is 5.92. The summed E-state index contributed by atoms with van der Waals surface area (Å²) in [6, 6.07) is 8.52. The van der Waals surface area contributed by atoms with Crippen LogP contribution in [0, 0.1) is 6.92 Å². The van der Waals surface area contributed by atoms with E-state index >= 15 is 0 Å². The molecule has 0 saturated heterocycles. The summed E-state index contributed by atoms with van der Waals surface area (Å²) in [5, 5.41) is 2.83.